The van der Waals surface area contributed by atoms with Gasteiger partial charge in [0.25, 0.3) is 0 Å². The van der Waals surface area contributed by atoms with Crippen LogP contribution in [0.3, 0.4) is 0 Å². The van der Waals surface area contributed by atoms with Crippen molar-refractivity contribution >= 4 is 0 Å². The van der Waals surface area contributed by atoms with Gasteiger partial charge in [0.15, 0.2) is 0 Å². The standard InChI is InChI=1S/C38H38O8/c39-25-7-1-22(2-8-25)17-38(23-3-9-26(40)10-4-23,24-5-11-27(41)12-6-24)36-32(13-28-18-43-28)34(15-30-20-45-30)37(42)35(16-31-21-46-31)33(36)14-29-19-44-29/h1-12,28-31,39-42H,13-21H2. The third kappa shape index (κ3) is 5.94. The minimum absolute atomic E-state index is 0.0330. The van der Waals surface area contributed by atoms with E-state index in [0.717, 1.165) is 44.5 Å². The van der Waals surface area contributed by atoms with E-state index >= 15 is 0 Å². The van der Waals surface area contributed by atoms with Gasteiger partial charge in [-0.2, -0.15) is 0 Å². The fraction of sp³-hybridized carbons (Fsp3) is 0.368. The highest BCUT2D eigenvalue weighted by atomic mass is 16.6. The van der Waals surface area contributed by atoms with E-state index in [4.69, 9.17) is 18.9 Å². The van der Waals surface area contributed by atoms with Crippen LogP contribution in [0.5, 0.6) is 23.0 Å². The topological polar surface area (TPSA) is 131 Å². The molecule has 8 rings (SSSR count). The summed E-state index contributed by atoms with van der Waals surface area (Å²) >= 11 is 0. The molecule has 4 fully saturated rings. The molecular weight excluding hydrogens is 584 g/mol. The van der Waals surface area contributed by atoms with E-state index in [-0.39, 0.29) is 41.7 Å². The molecule has 4 heterocycles. The van der Waals surface area contributed by atoms with E-state index in [9.17, 15) is 20.4 Å². The summed E-state index contributed by atoms with van der Waals surface area (Å²) in [6.45, 7) is 2.62. The van der Waals surface area contributed by atoms with E-state index in [1.54, 1.807) is 36.4 Å². The number of aromatic hydroxyl groups is 4. The molecule has 4 aromatic carbocycles. The van der Waals surface area contributed by atoms with Crippen LogP contribution in [0, 0.1) is 0 Å². The largest absolute Gasteiger partial charge is 0.508 e. The zero-order valence-electron chi connectivity index (χ0n) is 25.5. The number of benzene rings is 4. The molecule has 8 heteroatoms. The molecule has 4 aromatic rings. The monoisotopic (exact) mass is 622 g/mol. The lowest BCUT2D eigenvalue weighted by Gasteiger charge is -2.41. The van der Waals surface area contributed by atoms with Crippen LogP contribution in [-0.2, 0) is 56.5 Å². The summed E-state index contributed by atoms with van der Waals surface area (Å²) in [5.74, 6) is 0.825. The van der Waals surface area contributed by atoms with Gasteiger partial charge >= 0.3 is 0 Å². The fourth-order valence-electron chi connectivity index (χ4n) is 7.17. The molecule has 0 spiro atoms. The average Bonchev–Trinajstić information content (AvgIpc) is 3.85. The molecule has 4 aliphatic heterocycles. The van der Waals surface area contributed by atoms with E-state index in [2.05, 4.69) is 0 Å². The lowest BCUT2D eigenvalue weighted by Crippen LogP contribution is -2.36. The van der Waals surface area contributed by atoms with Crippen LogP contribution in [0.15, 0.2) is 72.8 Å². The molecule has 8 nitrogen and oxygen atoms in total. The average molecular weight is 623 g/mol. The first-order valence-corrected chi connectivity index (χ1v) is 16.1. The third-order valence-corrected chi connectivity index (χ3v) is 9.79. The number of hydrogen-bond acceptors (Lipinski definition) is 8. The van der Waals surface area contributed by atoms with Crippen molar-refractivity contribution in [2.75, 3.05) is 26.4 Å². The maximum atomic E-state index is 12.2. The molecule has 0 bridgehead atoms. The van der Waals surface area contributed by atoms with E-state index in [1.807, 2.05) is 36.4 Å². The Morgan fingerprint density at radius 1 is 0.478 bits per heavy atom. The zero-order valence-corrected chi connectivity index (χ0v) is 25.5. The first kappa shape index (κ1) is 29.3. The Labute approximate surface area is 267 Å². The molecule has 4 saturated heterocycles. The third-order valence-electron chi connectivity index (χ3n) is 9.79. The lowest BCUT2D eigenvalue weighted by atomic mass is 9.61. The Morgan fingerprint density at radius 3 is 1.15 bits per heavy atom. The summed E-state index contributed by atoms with van der Waals surface area (Å²) in [6.07, 6.45) is 3.05. The lowest BCUT2D eigenvalue weighted by molar-refractivity contribution is 0.385. The van der Waals surface area contributed by atoms with Crippen LogP contribution in [0.4, 0.5) is 0 Å². The number of rotatable bonds is 13. The molecule has 4 aliphatic rings. The summed E-state index contributed by atoms with van der Waals surface area (Å²) in [6, 6.07) is 22.0. The second-order valence-corrected chi connectivity index (χ2v) is 13.1. The molecule has 0 amide bonds. The maximum absolute atomic E-state index is 12.2. The number of epoxide rings is 4. The molecule has 0 aliphatic carbocycles. The first-order chi connectivity index (χ1) is 22.4. The molecule has 0 saturated carbocycles. The van der Waals surface area contributed by atoms with Crippen molar-refractivity contribution in [3.8, 4) is 23.0 Å². The van der Waals surface area contributed by atoms with Crippen molar-refractivity contribution in [2.45, 2.75) is 61.9 Å². The van der Waals surface area contributed by atoms with E-state index in [0.29, 0.717) is 64.3 Å². The number of hydrogen-bond donors (Lipinski definition) is 4. The molecular formula is C38H38O8. The Balaban J connectivity index is 1.49. The molecule has 4 unspecified atom stereocenters. The van der Waals surface area contributed by atoms with Crippen LogP contribution in [0.25, 0.3) is 0 Å². The summed E-state index contributed by atoms with van der Waals surface area (Å²) in [5, 5.41) is 43.4. The van der Waals surface area contributed by atoms with Gasteiger partial charge in [-0.25, -0.2) is 0 Å². The Morgan fingerprint density at radius 2 is 0.804 bits per heavy atom. The minimum Gasteiger partial charge on any atom is -0.508 e. The zero-order chi connectivity index (χ0) is 31.4. The highest BCUT2D eigenvalue weighted by molar-refractivity contribution is 5.66. The van der Waals surface area contributed by atoms with Gasteiger partial charge in [0.1, 0.15) is 23.0 Å². The van der Waals surface area contributed by atoms with Gasteiger partial charge in [-0.15, -0.1) is 0 Å². The predicted molar refractivity (Wildman–Crippen MR) is 170 cm³/mol. The maximum Gasteiger partial charge on any atom is 0.122 e. The second-order valence-electron chi connectivity index (χ2n) is 13.1. The number of ether oxygens (including phenoxy) is 4. The molecule has 238 valence electrons. The second kappa shape index (κ2) is 11.6. The Kier molecular flexibility index (Phi) is 7.41. The normalized spacial score (nSPS) is 22.9. The van der Waals surface area contributed by atoms with Crippen LogP contribution >= 0.6 is 0 Å². The summed E-state index contributed by atoms with van der Waals surface area (Å²) in [7, 11) is 0. The van der Waals surface area contributed by atoms with Gasteiger partial charge in [0.2, 0.25) is 0 Å². The quantitative estimate of drug-likeness (QED) is 0.123. The van der Waals surface area contributed by atoms with Crippen molar-refractivity contribution in [3.05, 3.63) is 117 Å². The van der Waals surface area contributed by atoms with Gasteiger partial charge in [0.05, 0.1) is 50.8 Å². The van der Waals surface area contributed by atoms with Crippen LogP contribution < -0.4 is 0 Å². The predicted octanol–water partition coefficient (Wildman–Crippen LogP) is 4.85. The van der Waals surface area contributed by atoms with Crippen molar-refractivity contribution in [1.82, 2.24) is 0 Å². The molecule has 4 N–H and O–H groups in total. The number of phenols is 4. The summed E-state index contributed by atoms with van der Waals surface area (Å²) < 4.78 is 23.2. The van der Waals surface area contributed by atoms with Gasteiger partial charge in [0, 0.05) is 42.2 Å². The number of phenolic OH excluding ortho intramolecular Hbond substituents is 4. The Hall–Kier alpha value is -4.08. The van der Waals surface area contributed by atoms with Gasteiger partial charge in [-0.05, 0) is 76.2 Å². The van der Waals surface area contributed by atoms with Crippen LogP contribution in [-0.4, -0.2) is 71.3 Å². The smallest absolute Gasteiger partial charge is 0.122 e. The van der Waals surface area contributed by atoms with Gasteiger partial charge in [-0.3, -0.25) is 0 Å². The summed E-state index contributed by atoms with van der Waals surface area (Å²) in [4.78, 5) is 0. The van der Waals surface area contributed by atoms with Gasteiger partial charge < -0.3 is 39.4 Å². The first-order valence-electron chi connectivity index (χ1n) is 16.1. The minimum atomic E-state index is -0.848. The van der Waals surface area contributed by atoms with Crippen LogP contribution in [0.2, 0.25) is 0 Å². The van der Waals surface area contributed by atoms with Crippen molar-refractivity contribution in [3.63, 3.8) is 0 Å². The Bertz CT molecular complexity index is 1620. The van der Waals surface area contributed by atoms with Crippen molar-refractivity contribution in [1.29, 1.82) is 0 Å². The van der Waals surface area contributed by atoms with Crippen molar-refractivity contribution in [2.24, 2.45) is 0 Å². The summed E-state index contributed by atoms with van der Waals surface area (Å²) in [5.41, 5.74) is 7.01. The van der Waals surface area contributed by atoms with Gasteiger partial charge in [-0.1, -0.05) is 36.4 Å². The molecule has 0 aromatic heterocycles. The van der Waals surface area contributed by atoms with E-state index in [1.165, 1.54) is 0 Å². The van der Waals surface area contributed by atoms with E-state index < -0.39 is 5.41 Å². The molecule has 46 heavy (non-hydrogen) atoms. The highest BCUT2D eigenvalue weighted by Gasteiger charge is 2.45. The molecule has 4 atom stereocenters. The SMILES string of the molecule is Oc1ccc(CC(c2ccc(O)cc2)(c2ccc(O)cc2)c2c(CC3CO3)c(CC3CO3)c(O)c(CC3CO3)c2CC2CO2)cc1. The molecule has 0 radical (unpaired) electrons. The van der Waals surface area contributed by atoms with Crippen molar-refractivity contribution < 1.29 is 39.4 Å². The fourth-order valence-corrected chi connectivity index (χ4v) is 7.17. The highest BCUT2D eigenvalue weighted by Crippen LogP contribution is 2.51. The van der Waals surface area contributed by atoms with Crippen LogP contribution in [0.1, 0.15) is 44.5 Å².